The molecule has 2 fully saturated rings. The summed E-state index contributed by atoms with van der Waals surface area (Å²) in [5, 5.41) is 3.30. The molecular formula is C23H27Cl2N3O3S. The van der Waals surface area contributed by atoms with E-state index >= 15 is 0 Å². The average molecular weight is 496 g/mol. The van der Waals surface area contributed by atoms with Gasteiger partial charge in [0.2, 0.25) is 15.9 Å². The number of nitrogens with zero attached hydrogens (tertiary/aromatic N) is 2. The summed E-state index contributed by atoms with van der Waals surface area (Å²) in [6, 6.07) is 12.5. The van der Waals surface area contributed by atoms with Crippen molar-refractivity contribution in [2.75, 3.05) is 36.4 Å². The number of carbonyl (C=O) groups excluding carboxylic acids is 1. The smallest absolute Gasteiger partial charge is 0.246 e. The number of piperidine rings is 2. The van der Waals surface area contributed by atoms with Gasteiger partial charge < -0.3 is 10.2 Å². The number of amides is 1. The first-order valence-corrected chi connectivity index (χ1v) is 13.2. The highest BCUT2D eigenvalue weighted by Crippen LogP contribution is 2.34. The lowest BCUT2D eigenvalue weighted by molar-refractivity contribution is -0.120. The van der Waals surface area contributed by atoms with E-state index < -0.39 is 10.0 Å². The normalized spacial score (nSPS) is 18.5. The first kappa shape index (κ1) is 23.4. The van der Waals surface area contributed by atoms with Gasteiger partial charge in [0.25, 0.3) is 0 Å². The van der Waals surface area contributed by atoms with Gasteiger partial charge in [-0.05, 0) is 56.4 Å². The van der Waals surface area contributed by atoms with E-state index in [4.69, 9.17) is 23.2 Å². The van der Waals surface area contributed by atoms with Gasteiger partial charge in [-0.2, -0.15) is 4.31 Å². The van der Waals surface area contributed by atoms with Crippen LogP contribution >= 0.6 is 23.2 Å². The van der Waals surface area contributed by atoms with Crippen LogP contribution in [0.3, 0.4) is 0 Å². The van der Waals surface area contributed by atoms with Gasteiger partial charge in [-0.15, -0.1) is 0 Å². The maximum atomic E-state index is 13.1. The summed E-state index contributed by atoms with van der Waals surface area (Å²) < 4.78 is 27.5. The lowest BCUT2D eigenvalue weighted by atomic mass is 9.97. The van der Waals surface area contributed by atoms with Gasteiger partial charge in [0.05, 0.1) is 21.4 Å². The lowest BCUT2D eigenvalue weighted by Crippen LogP contribution is -2.41. The average Bonchev–Trinajstić information content (AvgIpc) is 2.80. The quantitative estimate of drug-likeness (QED) is 0.631. The van der Waals surface area contributed by atoms with Crippen molar-refractivity contribution < 1.29 is 13.2 Å². The van der Waals surface area contributed by atoms with Gasteiger partial charge in [0.15, 0.2) is 0 Å². The van der Waals surface area contributed by atoms with Crippen molar-refractivity contribution in [3.63, 3.8) is 0 Å². The zero-order valence-electron chi connectivity index (χ0n) is 17.8. The topological polar surface area (TPSA) is 69.7 Å². The highest BCUT2D eigenvalue weighted by Gasteiger charge is 2.34. The SMILES string of the molecule is O=C(Nc1ccccc1N1CCCCC1)C1CCN(S(=O)(=O)c2c(Cl)cccc2Cl)CC1. The van der Waals surface area contributed by atoms with Crippen LogP contribution in [0.15, 0.2) is 47.4 Å². The number of para-hydroxylation sites is 2. The van der Waals surface area contributed by atoms with E-state index in [0.29, 0.717) is 12.8 Å². The van der Waals surface area contributed by atoms with E-state index in [1.165, 1.54) is 22.9 Å². The predicted molar refractivity (Wildman–Crippen MR) is 129 cm³/mol. The van der Waals surface area contributed by atoms with Crippen molar-refractivity contribution in [3.8, 4) is 0 Å². The molecular weight excluding hydrogens is 469 g/mol. The maximum Gasteiger partial charge on any atom is 0.246 e. The number of hydrogen-bond acceptors (Lipinski definition) is 4. The standard InChI is InChI=1S/C23H27Cl2N3O3S/c24-18-7-6-8-19(25)22(18)32(30,31)28-15-11-17(12-16-28)23(29)26-20-9-2-3-10-21(20)27-13-4-1-5-14-27/h2-3,6-10,17H,1,4-5,11-16H2,(H,26,29). The maximum absolute atomic E-state index is 13.1. The minimum absolute atomic E-state index is 0.0673. The van der Waals surface area contributed by atoms with E-state index in [2.05, 4.69) is 10.2 Å². The molecule has 4 rings (SSSR count). The van der Waals surface area contributed by atoms with Crippen LogP contribution in [-0.4, -0.2) is 44.8 Å². The molecule has 2 aliphatic heterocycles. The second-order valence-corrected chi connectivity index (χ2v) is 11.0. The van der Waals surface area contributed by atoms with E-state index in [1.807, 2.05) is 24.3 Å². The molecule has 2 heterocycles. The van der Waals surface area contributed by atoms with E-state index in [0.717, 1.165) is 37.3 Å². The van der Waals surface area contributed by atoms with Crippen molar-refractivity contribution in [2.45, 2.75) is 37.0 Å². The molecule has 2 aromatic carbocycles. The predicted octanol–water partition coefficient (Wildman–Crippen LogP) is 5.02. The van der Waals surface area contributed by atoms with E-state index in [-0.39, 0.29) is 39.9 Å². The summed E-state index contributed by atoms with van der Waals surface area (Å²) in [4.78, 5) is 15.3. The monoisotopic (exact) mass is 495 g/mol. The lowest BCUT2D eigenvalue weighted by Gasteiger charge is -2.32. The fourth-order valence-electron chi connectivity index (χ4n) is 4.44. The van der Waals surface area contributed by atoms with Gasteiger partial charge >= 0.3 is 0 Å². The second kappa shape index (κ2) is 10.00. The molecule has 0 unspecified atom stereocenters. The molecule has 0 spiro atoms. The minimum atomic E-state index is -3.82. The third-order valence-electron chi connectivity index (χ3n) is 6.20. The number of rotatable bonds is 5. The highest BCUT2D eigenvalue weighted by molar-refractivity contribution is 7.89. The molecule has 0 atom stereocenters. The first-order chi connectivity index (χ1) is 15.4. The van der Waals surface area contributed by atoms with Crippen LogP contribution in [0.4, 0.5) is 11.4 Å². The Morgan fingerprint density at radius 2 is 1.50 bits per heavy atom. The molecule has 0 aromatic heterocycles. The van der Waals surface area contributed by atoms with Gasteiger partial charge in [0, 0.05) is 32.1 Å². The van der Waals surface area contributed by atoms with Crippen LogP contribution in [-0.2, 0) is 14.8 Å². The Labute approximate surface area is 199 Å². The molecule has 0 radical (unpaired) electrons. The molecule has 0 bridgehead atoms. The fraction of sp³-hybridized carbons (Fsp3) is 0.435. The third kappa shape index (κ3) is 4.91. The second-order valence-electron chi connectivity index (χ2n) is 8.28. The van der Waals surface area contributed by atoms with Gasteiger partial charge in [-0.25, -0.2) is 8.42 Å². The Balaban J connectivity index is 1.42. The molecule has 0 aliphatic carbocycles. The van der Waals surface area contributed by atoms with Crippen LogP contribution in [0.5, 0.6) is 0 Å². The van der Waals surface area contributed by atoms with Gasteiger partial charge in [-0.3, -0.25) is 4.79 Å². The molecule has 6 nitrogen and oxygen atoms in total. The third-order valence-corrected chi connectivity index (χ3v) is 9.05. The number of hydrogen-bond donors (Lipinski definition) is 1. The molecule has 2 aliphatic rings. The number of nitrogens with one attached hydrogen (secondary N) is 1. The Kier molecular flexibility index (Phi) is 7.30. The summed E-state index contributed by atoms with van der Waals surface area (Å²) in [7, 11) is -3.82. The van der Waals surface area contributed by atoms with Crippen molar-refractivity contribution in [1.29, 1.82) is 0 Å². The molecule has 1 N–H and O–H groups in total. The molecule has 2 aromatic rings. The zero-order valence-corrected chi connectivity index (χ0v) is 20.1. The van der Waals surface area contributed by atoms with Gasteiger partial charge in [-0.1, -0.05) is 41.4 Å². The van der Waals surface area contributed by atoms with Crippen LogP contribution in [0, 0.1) is 5.92 Å². The highest BCUT2D eigenvalue weighted by atomic mass is 35.5. The summed E-state index contributed by atoms with van der Waals surface area (Å²) >= 11 is 12.2. The fourth-order valence-corrected chi connectivity index (χ4v) is 7.00. The van der Waals surface area contributed by atoms with Crippen LogP contribution in [0.1, 0.15) is 32.1 Å². The Morgan fingerprint density at radius 1 is 0.875 bits per heavy atom. The van der Waals surface area contributed by atoms with Crippen molar-refractivity contribution in [1.82, 2.24) is 4.31 Å². The first-order valence-electron chi connectivity index (χ1n) is 11.0. The van der Waals surface area contributed by atoms with Crippen molar-refractivity contribution in [3.05, 3.63) is 52.5 Å². The Bertz CT molecular complexity index is 1060. The van der Waals surface area contributed by atoms with Crippen LogP contribution in [0.2, 0.25) is 10.0 Å². The molecule has 172 valence electrons. The number of halogens is 2. The Morgan fingerprint density at radius 3 is 2.16 bits per heavy atom. The van der Waals surface area contributed by atoms with Gasteiger partial charge in [0.1, 0.15) is 4.90 Å². The summed E-state index contributed by atoms with van der Waals surface area (Å²) in [5.74, 6) is -0.320. The number of carbonyl (C=O) groups is 1. The molecule has 2 saturated heterocycles. The molecule has 1 amide bonds. The minimum Gasteiger partial charge on any atom is -0.370 e. The number of anilines is 2. The number of sulfonamides is 1. The zero-order chi connectivity index (χ0) is 22.7. The van der Waals surface area contributed by atoms with E-state index in [1.54, 1.807) is 6.07 Å². The van der Waals surface area contributed by atoms with Crippen LogP contribution < -0.4 is 10.2 Å². The molecule has 0 saturated carbocycles. The number of benzene rings is 2. The van der Waals surface area contributed by atoms with Crippen molar-refractivity contribution in [2.24, 2.45) is 5.92 Å². The summed E-state index contributed by atoms with van der Waals surface area (Å²) in [5.41, 5.74) is 1.87. The molecule has 32 heavy (non-hydrogen) atoms. The van der Waals surface area contributed by atoms with Crippen LogP contribution in [0.25, 0.3) is 0 Å². The summed E-state index contributed by atoms with van der Waals surface area (Å²) in [6.45, 7) is 2.48. The van der Waals surface area contributed by atoms with Crippen molar-refractivity contribution >= 4 is 50.5 Å². The summed E-state index contributed by atoms with van der Waals surface area (Å²) in [6.07, 6.45) is 4.44. The Hall–Kier alpha value is -1.80. The van der Waals surface area contributed by atoms with E-state index in [9.17, 15) is 13.2 Å². The largest absolute Gasteiger partial charge is 0.370 e. The molecule has 9 heteroatoms.